The molecule has 1 heterocycles. The highest BCUT2D eigenvalue weighted by Gasteiger charge is 2.37. The van der Waals surface area contributed by atoms with Gasteiger partial charge >= 0.3 is 5.69 Å². The van der Waals surface area contributed by atoms with E-state index in [0.717, 1.165) is 36.3 Å². The van der Waals surface area contributed by atoms with E-state index in [1.807, 2.05) is 29.8 Å². The first kappa shape index (κ1) is 19.7. The maximum Gasteiger partial charge on any atom is 0.331 e. The second kappa shape index (κ2) is 8.05. The number of hydrogen-bond acceptors (Lipinski definition) is 5. The van der Waals surface area contributed by atoms with Crippen molar-refractivity contribution in [2.45, 2.75) is 69.0 Å². The van der Waals surface area contributed by atoms with E-state index >= 15 is 0 Å². The molecule has 7 heteroatoms. The molecule has 0 amide bonds. The van der Waals surface area contributed by atoms with E-state index < -0.39 is 0 Å². The molecule has 2 aromatic rings. The van der Waals surface area contributed by atoms with Crippen molar-refractivity contribution < 1.29 is 0 Å². The Morgan fingerprint density at radius 1 is 1.18 bits per heavy atom. The lowest BCUT2D eigenvalue weighted by atomic mass is 10.2. The fraction of sp³-hybridized carbons (Fsp3) is 0.619. The van der Waals surface area contributed by atoms with Gasteiger partial charge in [0, 0.05) is 23.5 Å². The second-order valence-electron chi connectivity index (χ2n) is 8.55. The van der Waals surface area contributed by atoms with Gasteiger partial charge in [0.2, 0.25) is 0 Å². The van der Waals surface area contributed by atoms with E-state index in [1.165, 1.54) is 30.3 Å². The predicted octanol–water partition coefficient (Wildman–Crippen LogP) is 2.72. The smallest absolute Gasteiger partial charge is 0.320 e. The van der Waals surface area contributed by atoms with Crippen LogP contribution in [0.15, 0.2) is 32.7 Å². The Hall–Kier alpha value is -1.57. The molecule has 2 N–H and O–H groups in total. The highest BCUT2D eigenvalue weighted by Crippen LogP contribution is 2.37. The van der Waals surface area contributed by atoms with Gasteiger partial charge < -0.3 is 5.32 Å². The van der Waals surface area contributed by atoms with Gasteiger partial charge in [-0.15, -0.1) is 0 Å². The van der Waals surface area contributed by atoms with E-state index in [9.17, 15) is 9.59 Å². The normalized spacial score (nSPS) is 17.9. The molecule has 0 radical (unpaired) electrons. The molecule has 1 aromatic heterocycles. The summed E-state index contributed by atoms with van der Waals surface area (Å²) >= 11 is 1.59. The zero-order valence-corrected chi connectivity index (χ0v) is 17.6. The molecule has 0 saturated heterocycles. The number of nitrogens with zero attached hydrogens (tertiary/aromatic N) is 2. The van der Waals surface area contributed by atoms with Crippen LogP contribution in [0.5, 0.6) is 0 Å². The van der Waals surface area contributed by atoms with Gasteiger partial charge in [-0.05, 0) is 95.1 Å². The largest absolute Gasteiger partial charge is 0.331 e. The highest BCUT2D eigenvalue weighted by molar-refractivity contribution is 7.97. The van der Waals surface area contributed by atoms with Crippen LogP contribution < -0.4 is 21.3 Å². The van der Waals surface area contributed by atoms with Gasteiger partial charge in [-0.1, -0.05) is 0 Å². The molecular formula is C21H30N4O2S. The summed E-state index contributed by atoms with van der Waals surface area (Å²) in [5.74, 6) is 0.571. The van der Waals surface area contributed by atoms with Crippen molar-refractivity contribution in [3.8, 4) is 0 Å². The van der Waals surface area contributed by atoms with Crippen LogP contribution in [0, 0.1) is 5.92 Å². The maximum absolute atomic E-state index is 13.1. The first-order valence-electron chi connectivity index (χ1n) is 10.4. The number of nitrogens with one attached hydrogen (secondary N) is 2. The number of benzene rings is 1. The molecule has 0 unspecified atom stereocenters. The van der Waals surface area contributed by atoms with Crippen molar-refractivity contribution in [2.75, 3.05) is 13.6 Å². The molecule has 2 saturated carbocycles. The fourth-order valence-electron chi connectivity index (χ4n) is 3.44. The van der Waals surface area contributed by atoms with Crippen molar-refractivity contribution in [1.82, 2.24) is 19.2 Å². The van der Waals surface area contributed by atoms with E-state index in [-0.39, 0.29) is 16.8 Å². The molecule has 152 valence electrons. The molecule has 2 fully saturated rings. The number of unbranched alkanes of at least 4 members (excludes halogenated alkanes) is 1. The van der Waals surface area contributed by atoms with Crippen LogP contribution in [0.2, 0.25) is 0 Å². The maximum atomic E-state index is 13.1. The molecule has 0 aliphatic heterocycles. The molecule has 0 atom stereocenters. The predicted molar refractivity (Wildman–Crippen MR) is 115 cm³/mol. The van der Waals surface area contributed by atoms with E-state index in [1.54, 1.807) is 11.9 Å². The lowest BCUT2D eigenvalue weighted by Crippen LogP contribution is -2.40. The van der Waals surface area contributed by atoms with Crippen LogP contribution in [-0.2, 0) is 13.1 Å². The summed E-state index contributed by atoms with van der Waals surface area (Å²) in [5.41, 5.74) is 0.683. The van der Waals surface area contributed by atoms with Crippen molar-refractivity contribution >= 4 is 22.9 Å². The number of hydrogen-bond donors (Lipinski definition) is 2. The lowest BCUT2D eigenvalue weighted by molar-refractivity contribution is 0.517. The summed E-state index contributed by atoms with van der Waals surface area (Å²) in [6.07, 6.45) is 6.49. The van der Waals surface area contributed by atoms with Crippen molar-refractivity contribution in [2.24, 2.45) is 5.92 Å². The van der Waals surface area contributed by atoms with Crippen LogP contribution in [0.3, 0.4) is 0 Å². The van der Waals surface area contributed by atoms with E-state index in [0.29, 0.717) is 17.8 Å². The molecule has 0 spiro atoms. The molecule has 28 heavy (non-hydrogen) atoms. The van der Waals surface area contributed by atoms with Crippen LogP contribution in [0.25, 0.3) is 10.9 Å². The van der Waals surface area contributed by atoms with Gasteiger partial charge in [0.15, 0.2) is 0 Å². The average molecular weight is 403 g/mol. The van der Waals surface area contributed by atoms with Crippen molar-refractivity contribution in [1.29, 1.82) is 0 Å². The first-order valence-corrected chi connectivity index (χ1v) is 11.2. The zero-order valence-electron chi connectivity index (χ0n) is 16.8. The molecular weight excluding hydrogens is 372 g/mol. The van der Waals surface area contributed by atoms with Gasteiger partial charge in [-0.3, -0.25) is 18.7 Å². The summed E-state index contributed by atoms with van der Waals surface area (Å²) in [6, 6.07) is 5.92. The fourth-order valence-corrected chi connectivity index (χ4v) is 4.32. The minimum absolute atomic E-state index is 0.155. The molecule has 0 bridgehead atoms. The van der Waals surface area contributed by atoms with Crippen LogP contribution in [-0.4, -0.2) is 28.3 Å². The van der Waals surface area contributed by atoms with Gasteiger partial charge in [-0.25, -0.2) is 4.79 Å². The second-order valence-corrected chi connectivity index (χ2v) is 9.43. The van der Waals surface area contributed by atoms with Crippen LogP contribution >= 0.6 is 11.9 Å². The minimum Gasteiger partial charge on any atom is -0.320 e. The minimum atomic E-state index is -0.156. The summed E-state index contributed by atoms with van der Waals surface area (Å²) in [4.78, 5) is 27.2. The Balaban J connectivity index is 1.69. The molecule has 6 nitrogen and oxygen atoms in total. The average Bonchev–Trinajstić information content (AvgIpc) is 3.62. The number of fused-ring (bicyclic) bond motifs is 1. The summed E-state index contributed by atoms with van der Waals surface area (Å²) in [5, 5.41) is 3.77. The molecule has 2 aliphatic rings. The summed E-state index contributed by atoms with van der Waals surface area (Å²) in [6.45, 7) is 4.30. The van der Waals surface area contributed by atoms with Gasteiger partial charge in [0.1, 0.15) is 0 Å². The Labute approximate surface area is 169 Å². The lowest BCUT2D eigenvalue weighted by Gasteiger charge is -2.15. The number of aromatic nitrogens is 2. The Kier molecular flexibility index (Phi) is 5.67. The Morgan fingerprint density at radius 2 is 1.96 bits per heavy atom. The van der Waals surface area contributed by atoms with E-state index in [2.05, 4.69) is 17.0 Å². The zero-order chi connectivity index (χ0) is 19.7. The quantitative estimate of drug-likeness (QED) is 0.472. The van der Waals surface area contributed by atoms with Gasteiger partial charge in [0.25, 0.3) is 5.56 Å². The van der Waals surface area contributed by atoms with Gasteiger partial charge in [-0.2, -0.15) is 0 Å². The molecule has 4 rings (SSSR count). The highest BCUT2D eigenvalue weighted by atomic mass is 32.2. The van der Waals surface area contributed by atoms with Crippen molar-refractivity contribution in [3.63, 3.8) is 0 Å². The molecule has 1 aromatic carbocycles. The Morgan fingerprint density at radius 3 is 2.64 bits per heavy atom. The monoisotopic (exact) mass is 402 g/mol. The molecule has 2 aliphatic carbocycles. The number of rotatable bonds is 10. The summed E-state index contributed by atoms with van der Waals surface area (Å²) in [7, 11) is 1.92. The third-order valence-corrected chi connectivity index (χ3v) is 6.89. The van der Waals surface area contributed by atoms with E-state index in [4.69, 9.17) is 0 Å². The van der Waals surface area contributed by atoms with Crippen LogP contribution in [0.1, 0.15) is 45.4 Å². The van der Waals surface area contributed by atoms with Crippen molar-refractivity contribution in [3.05, 3.63) is 39.0 Å². The van der Waals surface area contributed by atoms with Crippen LogP contribution in [0.4, 0.5) is 0 Å². The standard InChI is InChI=1S/C21H30N4O2S/c1-21(9-10-21)23-28-16-7-8-18-17(13-16)19(26)24(12-4-3-11-22-2)20(27)25(18)14-15-5-6-15/h7-8,13,15,22-23H,3-6,9-12,14H2,1-2H3. The first-order chi connectivity index (χ1) is 13.5. The third kappa shape index (κ3) is 4.36. The SMILES string of the molecule is CNCCCCn1c(=O)c2cc(SNC3(C)CC3)ccc2n(CC2CC2)c1=O. The third-order valence-electron chi connectivity index (χ3n) is 5.81. The summed E-state index contributed by atoms with van der Waals surface area (Å²) < 4.78 is 6.78. The van der Waals surface area contributed by atoms with Gasteiger partial charge in [0.05, 0.1) is 10.9 Å². The Bertz CT molecular complexity index is 973. The topological polar surface area (TPSA) is 68.1 Å².